The Morgan fingerprint density at radius 2 is 1.29 bits per heavy atom. The van der Waals surface area contributed by atoms with Crippen LogP contribution in [-0.4, -0.2) is 183 Å². The molecule has 9 unspecified atom stereocenters. The third-order valence-electron chi connectivity index (χ3n) is 12.8. The molecule has 10 N–H and O–H groups in total. The fraction of sp³-hybridized carbons (Fsp3) is 0.579. The Kier molecular flexibility index (Phi) is 16.4. The van der Waals surface area contributed by atoms with Crippen molar-refractivity contribution in [3.8, 4) is 0 Å². The summed E-state index contributed by atoms with van der Waals surface area (Å²) in [5.74, 6) is 0.430. The fourth-order valence-electron chi connectivity index (χ4n) is 9.38. The van der Waals surface area contributed by atoms with Gasteiger partial charge in [0.05, 0.1) is 38.8 Å². The zero-order valence-electron chi connectivity index (χ0n) is 40.2. The molecule has 0 saturated carbocycles. The molecule has 0 radical (unpaired) electrons. The minimum atomic E-state index is -5.30. The first-order chi connectivity index (χ1) is 36.7. The van der Waals surface area contributed by atoms with E-state index in [4.69, 9.17) is 63.5 Å². The van der Waals surface area contributed by atoms with Gasteiger partial charge in [-0.2, -0.15) is 0 Å². The number of thiol groups is 1. The van der Waals surface area contributed by atoms with Gasteiger partial charge in [0.15, 0.2) is 58.2 Å². The average Bonchev–Trinajstić information content (AvgIpc) is 4.41. The Hall–Kier alpha value is -4.10. The molecule has 4 aliphatic heterocycles. The molecule has 10 heterocycles. The van der Waals surface area contributed by atoms with Crippen LogP contribution < -0.4 is 17.2 Å². The summed E-state index contributed by atoms with van der Waals surface area (Å²) in [4.78, 5) is 70.8. The molecule has 4 aliphatic rings. The number of anilines is 3. The van der Waals surface area contributed by atoms with Gasteiger partial charge >= 0.3 is 21.4 Å². The molecule has 6 aromatic rings. The molecule has 0 amide bonds. The predicted molar refractivity (Wildman–Crippen MR) is 271 cm³/mol. The molecule has 0 aliphatic carbocycles. The summed E-state index contributed by atoms with van der Waals surface area (Å²) in [5.41, 5.74) is 17.6. The molecule has 4 fully saturated rings. The first-order valence-electron chi connectivity index (χ1n) is 23.0. The summed E-state index contributed by atoms with van der Waals surface area (Å²) in [6, 6.07) is 0. The molecule has 0 bridgehead atoms. The molecule has 15 atom stereocenters. The summed E-state index contributed by atoms with van der Waals surface area (Å²) in [5, 5.41) is 23.3. The van der Waals surface area contributed by atoms with Gasteiger partial charge in [0, 0.05) is 32.1 Å². The van der Waals surface area contributed by atoms with Crippen LogP contribution in [0.3, 0.4) is 0 Å². The number of methoxy groups -OCH3 is 1. The summed E-state index contributed by atoms with van der Waals surface area (Å²) in [7, 11) is -4.03. The molecule has 418 valence electrons. The highest BCUT2D eigenvalue weighted by molar-refractivity contribution is 8.55. The van der Waals surface area contributed by atoms with Crippen LogP contribution in [0, 0.1) is 0 Å². The Balaban J connectivity index is 0.869. The lowest BCUT2D eigenvalue weighted by Crippen LogP contribution is -2.51. The van der Waals surface area contributed by atoms with Crippen molar-refractivity contribution in [2.24, 2.45) is 0 Å². The van der Waals surface area contributed by atoms with E-state index < -0.39 is 114 Å². The van der Waals surface area contributed by atoms with Gasteiger partial charge in [-0.3, -0.25) is 41.1 Å². The standard InChI is InChI=1S/C38H50N15O18P3S3/c1-17(54)76-6-7-77-73(59,60)64-9-19-25(62-2)27(37(68-19)53-16-50-22-31(41)44-13-47-34(22)53)71-74(61,75)65-8-18-23(55)26(36(67-18)52-15-49-21-30(40)43-12-46-33(21)52)70-72(57,58)66-10-38-4-3-5-63-28(38)24(56)35(69-38)51-14-48-20-29(39)42-11-45-32(20)51/h11-16,18-19,23-28,35-37,55-56H,3-10H2,1-2H3,(H,57,58)(H,59,60)(H,61,75)(H2,39,42,45)(H2,40,43,46)(H2,41,44,47)/t18-,19-,23?,24?,25?,26?,27?,28?,35-,36-,37-,38-,74?/m1/s1. The maximum Gasteiger partial charge on any atom is 0.472 e. The van der Waals surface area contributed by atoms with E-state index >= 15 is 0 Å². The Labute approximate surface area is 447 Å². The second-order valence-electron chi connectivity index (χ2n) is 17.6. The number of phosphoric acid groups is 1. The van der Waals surface area contributed by atoms with E-state index in [9.17, 15) is 38.5 Å². The van der Waals surface area contributed by atoms with Crippen molar-refractivity contribution in [2.45, 2.75) is 92.9 Å². The largest absolute Gasteiger partial charge is 0.472 e. The molecular formula is C38H50N15O18P3S3. The van der Waals surface area contributed by atoms with Crippen molar-refractivity contribution >= 4 is 113 Å². The number of nitrogen functional groups attached to an aromatic ring is 3. The lowest BCUT2D eigenvalue weighted by Gasteiger charge is -2.38. The summed E-state index contributed by atoms with van der Waals surface area (Å²) in [6.07, 6.45) is -7.61. The molecule has 4 saturated heterocycles. The predicted octanol–water partition coefficient (Wildman–Crippen LogP) is 1.30. The van der Waals surface area contributed by atoms with Crippen LogP contribution >= 0.6 is 56.8 Å². The number of imidazole rings is 3. The second-order valence-corrected chi connectivity index (χ2v) is 27.2. The van der Waals surface area contributed by atoms with Crippen LogP contribution in [0.2, 0.25) is 0 Å². The van der Waals surface area contributed by atoms with E-state index in [-0.39, 0.29) is 80.6 Å². The second kappa shape index (κ2) is 22.4. The van der Waals surface area contributed by atoms with Gasteiger partial charge in [-0.15, -0.1) is 0 Å². The van der Waals surface area contributed by atoms with Crippen LogP contribution in [-0.2, 0) is 64.8 Å². The number of hydrogen-bond donors (Lipinski definition) is 8. The highest BCUT2D eigenvalue weighted by Crippen LogP contribution is 2.60. The summed E-state index contributed by atoms with van der Waals surface area (Å²) >= 11 is 5.85. The van der Waals surface area contributed by atoms with Gasteiger partial charge < -0.3 is 60.9 Å². The van der Waals surface area contributed by atoms with Gasteiger partial charge in [-0.25, -0.2) is 58.6 Å². The highest BCUT2D eigenvalue weighted by Gasteiger charge is 2.59. The maximum absolute atomic E-state index is 14.4. The van der Waals surface area contributed by atoms with Gasteiger partial charge in [0.2, 0.25) is 0 Å². The van der Waals surface area contributed by atoms with Crippen LogP contribution in [0.15, 0.2) is 38.0 Å². The number of carbonyl (C=O) groups excluding carboxylic acids is 1. The molecule has 39 heteroatoms. The lowest BCUT2D eigenvalue weighted by atomic mass is 9.89. The zero-order chi connectivity index (χ0) is 54.6. The number of nitrogens with zero attached hydrogens (tertiary/aromatic N) is 12. The third-order valence-corrected chi connectivity index (χ3v) is 19.5. The average molecular weight is 1190 g/mol. The van der Waals surface area contributed by atoms with Crippen molar-refractivity contribution in [1.29, 1.82) is 0 Å². The number of aliphatic hydroxyl groups excluding tert-OH is 2. The number of nitrogens with two attached hydrogens (primary N) is 3. The monoisotopic (exact) mass is 1190 g/mol. The Bertz CT molecular complexity index is 3300. The van der Waals surface area contributed by atoms with Gasteiger partial charge in [0.25, 0.3) is 0 Å². The van der Waals surface area contributed by atoms with Crippen molar-refractivity contribution in [1.82, 2.24) is 58.6 Å². The SMILES string of the molecule is COC1C(OP(=O)(S)OC[C@H]2O[C@@H](n3cnc4c(N)ncnc43)C(OP(=O)(O)OC[C@]34CCCOC3C(O)[C@H](n3cnc5c(N)ncnc53)O4)C2O)[C@H](n2cnc3c(N)ncnc32)O[C@@H]1COP(=O)(O)SCCSC(C)=O. The van der Waals surface area contributed by atoms with Gasteiger partial charge in [-0.05, 0) is 24.2 Å². The molecule has 77 heavy (non-hydrogen) atoms. The van der Waals surface area contributed by atoms with Crippen LogP contribution in [0.25, 0.3) is 33.5 Å². The number of rotatable bonds is 21. The Morgan fingerprint density at radius 1 is 0.740 bits per heavy atom. The zero-order valence-corrected chi connectivity index (χ0v) is 45.4. The van der Waals surface area contributed by atoms with E-state index in [1.807, 2.05) is 0 Å². The number of phosphoric ester groups is 1. The topological polar surface area (TPSA) is 450 Å². The first kappa shape index (κ1) is 56.2. The van der Waals surface area contributed by atoms with E-state index in [2.05, 4.69) is 57.1 Å². The van der Waals surface area contributed by atoms with Crippen molar-refractivity contribution < 1.29 is 84.8 Å². The van der Waals surface area contributed by atoms with Crippen molar-refractivity contribution in [3.63, 3.8) is 0 Å². The lowest BCUT2D eigenvalue weighted by molar-refractivity contribution is -0.165. The number of hydrogen-bond acceptors (Lipinski definition) is 30. The van der Waals surface area contributed by atoms with Crippen LogP contribution in [0.4, 0.5) is 17.5 Å². The number of aliphatic hydroxyl groups is 2. The normalized spacial score (nSPS) is 30.9. The fourth-order valence-corrected chi connectivity index (χ4v) is 15.1. The molecule has 6 aromatic heterocycles. The smallest absolute Gasteiger partial charge is 0.387 e. The molecular weight excluding hydrogens is 1140 g/mol. The first-order valence-corrected chi connectivity index (χ1v) is 31.4. The third kappa shape index (κ3) is 11.5. The minimum absolute atomic E-state index is 0.0162. The van der Waals surface area contributed by atoms with Crippen molar-refractivity contribution in [3.05, 3.63) is 38.0 Å². The van der Waals surface area contributed by atoms with E-state index in [0.717, 1.165) is 18.1 Å². The van der Waals surface area contributed by atoms with E-state index in [0.29, 0.717) is 17.8 Å². The summed E-state index contributed by atoms with van der Waals surface area (Å²) in [6.45, 7) is -9.41. The molecule has 0 aromatic carbocycles. The highest BCUT2D eigenvalue weighted by atomic mass is 32.7. The Morgan fingerprint density at radius 3 is 1.86 bits per heavy atom. The van der Waals surface area contributed by atoms with Gasteiger partial charge in [0.1, 0.15) is 90.0 Å². The summed E-state index contributed by atoms with van der Waals surface area (Å²) < 4.78 is 105. The quantitative estimate of drug-likeness (QED) is 0.0286. The maximum atomic E-state index is 14.4. The van der Waals surface area contributed by atoms with Crippen LogP contribution in [0.1, 0.15) is 38.4 Å². The van der Waals surface area contributed by atoms with Crippen LogP contribution in [0.5, 0.6) is 0 Å². The van der Waals surface area contributed by atoms with E-state index in [1.54, 1.807) is 0 Å². The van der Waals surface area contributed by atoms with Crippen molar-refractivity contribution in [2.75, 3.05) is 62.2 Å². The number of thioether (sulfide) groups is 1. The number of aromatic nitrogens is 12. The number of fused-ring (bicyclic) bond motifs is 4. The van der Waals surface area contributed by atoms with E-state index in [1.165, 1.54) is 59.4 Å². The molecule has 10 rings (SSSR count). The molecule has 0 spiro atoms. The number of ether oxygens (including phenoxy) is 5. The number of carbonyl (C=O) groups is 1. The van der Waals surface area contributed by atoms with Gasteiger partial charge in [-0.1, -0.05) is 24.0 Å². The minimum Gasteiger partial charge on any atom is -0.387 e. The molecule has 33 nitrogen and oxygen atoms in total.